The Morgan fingerprint density at radius 3 is 2.48 bits per heavy atom. The van der Waals surface area contributed by atoms with E-state index < -0.39 is 0 Å². The first-order valence-electron chi connectivity index (χ1n) is 8.20. The highest BCUT2D eigenvalue weighted by Crippen LogP contribution is 2.26. The van der Waals surface area contributed by atoms with Crippen molar-refractivity contribution in [2.75, 3.05) is 16.4 Å². The molecule has 0 bridgehead atoms. The van der Waals surface area contributed by atoms with E-state index in [2.05, 4.69) is 20.8 Å². The molecule has 27 heavy (non-hydrogen) atoms. The Bertz CT molecular complexity index is 972. The molecule has 1 aromatic heterocycles. The van der Waals surface area contributed by atoms with Crippen LogP contribution in [0, 0.1) is 13.8 Å². The number of rotatable bonds is 6. The number of hydrogen-bond acceptors (Lipinski definition) is 6. The van der Waals surface area contributed by atoms with Crippen molar-refractivity contribution in [3.8, 4) is 0 Å². The summed E-state index contributed by atoms with van der Waals surface area (Å²) in [5.74, 6) is -0.135. The van der Waals surface area contributed by atoms with Gasteiger partial charge in [-0.05, 0) is 43.7 Å². The van der Waals surface area contributed by atoms with Crippen LogP contribution in [0.25, 0.3) is 0 Å². The molecule has 3 rings (SSSR count). The van der Waals surface area contributed by atoms with Crippen LogP contribution in [-0.4, -0.2) is 27.8 Å². The molecule has 0 fully saturated rings. The van der Waals surface area contributed by atoms with Crippen molar-refractivity contribution in [2.45, 2.75) is 18.2 Å². The molecular formula is C19H18N4O2S2. The van der Waals surface area contributed by atoms with Gasteiger partial charge in [0.25, 0.3) is 5.91 Å². The molecule has 3 aromatic rings. The first-order valence-corrected chi connectivity index (χ1v) is 10.0. The molecule has 2 aromatic carbocycles. The number of benzene rings is 2. The lowest BCUT2D eigenvalue weighted by Crippen LogP contribution is -2.13. The minimum absolute atomic E-state index is 0.119. The second kappa shape index (κ2) is 8.79. The maximum absolute atomic E-state index is 12.2. The van der Waals surface area contributed by atoms with Gasteiger partial charge >= 0.3 is 0 Å². The van der Waals surface area contributed by atoms with E-state index in [1.165, 1.54) is 23.1 Å². The summed E-state index contributed by atoms with van der Waals surface area (Å²) in [6, 6.07) is 14.9. The molecule has 6 nitrogen and oxygen atoms in total. The van der Waals surface area contributed by atoms with Gasteiger partial charge in [0.05, 0.1) is 5.75 Å². The Hall–Kier alpha value is -2.71. The molecule has 138 valence electrons. The molecule has 2 amide bonds. The first kappa shape index (κ1) is 19.1. The predicted molar refractivity (Wildman–Crippen MR) is 110 cm³/mol. The summed E-state index contributed by atoms with van der Waals surface area (Å²) in [6.45, 7) is 3.90. The second-order valence-electron chi connectivity index (χ2n) is 5.90. The number of nitrogens with one attached hydrogen (secondary N) is 2. The normalized spacial score (nSPS) is 10.4. The number of carbonyl (C=O) groups is 2. The van der Waals surface area contributed by atoms with Crippen molar-refractivity contribution >= 4 is 45.7 Å². The highest BCUT2D eigenvalue weighted by atomic mass is 32.2. The number of thioether (sulfide) groups is 1. The zero-order valence-corrected chi connectivity index (χ0v) is 16.5. The molecule has 1 heterocycles. The molecule has 0 spiro atoms. The summed E-state index contributed by atoms with van der Waals surface area (Å²) in [5.41, 5.74) is 3.43. The standard InChI is InChI=1S/C19H18N4O2S2/c1-12-5-3-7-14(9-12)17(25)21-18-22-23-19(27-18)26-11-16(24)20-15-8-4-6-13(2)10-15/h3-10H,11H2,1-2H3,(H,20,24)(H,21,22,25). The Labute approximate surface area is 165 Å². The van der Waals surface area contributed by atoms with E-state index in [4.69, 9.17) is 0 Å². The summed E-state index contributed by atoms with van der Waals surface area (Å²) in [6.07, 6.45) is 0. The highest BCUT2D eigenvalue weighted by molar-refractivity contribution is 8.01. The zero-order chi connectivity index (χ0) is 19.2. The lowest BCUT2D eigenvalue weighted by Gasteiger charge is -2.04. The molecule has 0 unspecified atom stereocenters. The van der Waals surface area contributed by atoms with E-state index in [-0.39, 0.29) is 17.6 Å². The molecule has 0 saturated carbocycles. The van der Waals surface area contributed by atoms with Gasteiger partial charge in [0.2, 0.25) is 11.0 Å². The van der Waals surface area contributed by atoms with Gasteiger partial charge in [-0.25, -0.2) is 0 Å². The molecule has 0 aliphatic carbocycles. The van der Waals surface area contributed by atoms with E-state index in [9.17, 15) is 9.59 Å². The third kappa shape index (κ3) is 5.63. The number of carbonyl (C=O) groups excluding carboxylic acids is 2. The van der Waals surface area contributed by atoms with E-state index in [0.717, 1.165) is 16.8 Å². The average Bonchev–Trinajstić information content (AvgIpc) is 3.07. The van der Waals surface area contributed by atoms with Gasteiger partial charge in [-0.2, -0.15) is 0 Å². The molecule has 0 atom stereocenters. The molecule has 8 heteroatoms. The molecule has 0 saturated heterocycles. The van der Waals surface area contributed by atoms with Gasteiger partial charge in [-0.3, -0.25) is 14.9 Å². The van der Waals surface area contributed by atoms with Crippen LogP contribution >= 0.6 is 23.1 Å². The maximum Gasteiger partial charge on any atom is 0.257 e. The fraction of sp³-hybridized carbons (Fsp3) is 0.158. The fourth-order valence-corrected chi connectivity index (χ4v) is 3.87. The number of amides is 2. The van der Waals surface area contributed by atoms with Crippen LogP contribution in [0.1, 0.15) is 21.5 Å². The van der Waals surface area contributed by atoms with E-state index in [0.29, 0.717) is 15.0 Å². The largest absolute Gasteiger partial charge is 0.325 e. The Morgan fingerprint density at radius 2 is 1.74 bits per heavy atom. The SMILES string of the molecule is Cc1cccc(NC(=O)CSc2nnc(NC(=O)c3cccc(C)c3)s2)c1. The van der Waals surface area contributed by atoms with Gasteiger partial charge in [0.15, 0.2) is 4.34 Å². The van der Waals surface area contributed by atoms with Crippen LogP contribution in [0.15, 0.2) is 52.9 Å². The quantitative estimate of drug-likeness (QED) is 0.482. The number of nitrogens with zero attached hydrogens (tertiary/aromatic N) is 2. The van der Waals surface area contributed by atoms with Gasteiger partial charge in [0, 0.05) is 11.3 Å². The number of anilines is 2. The summed E-state index contributed by atoms with van der Waals surface area (Å²) in [4.78, 5) is 24.3. The van der Waals surface area contributed by atoms with Crippen LogP contribution < -0.4 is 10.6 Å². The van der Waals surface area contributed by atoms with E-state index in [1.807, 2.05) is 56.3 Å². The van der Waals surface area contributed by atoms with Gasteiger partial charge in [0.1, 0.15) is 0 Å². The number of aromatic nitrogens is 2. The summed E-state index contributed by atoms with van der Waals surface area (Å²) >= 11 is 2.52. The summed E-state index contributed by atoms with van der Waals surface area (Å²) in [7, 11) is 0. The lowest BCUT2D eigenvalue weighted by molar-refractivity contribution is -0.113. The summed E-state index contributed by atoms with van der Waals surface area (Å²) in [5, 5.41) is 14.0. The molecule has 0 radical (unpaired) electrons. The van der Waals surface area contributed by atoms with Crippen molar-refractivity contribution in [3.05, 3.63) is 65.2 Å². The Balaban J connectivity index is 1.52. The predicted octanol–water partition coefficient (Wildman–Crippen LogP) is 4.14. The van der Waals surface area contributed by atoms with Gasteiger partial charge in [-0.15, -0.1) is 10.2 Å². The van der Waals surface area contributed by atoms with Crippen molar-refractivity contribution in [3.63, 3.8) is 0 Å². The van der Waals surface area contributed by atoms with E-state index >= 15 is 0 Å². The highest BCUT2D eigenvalue weighted by Gasteiger charge is 2.12. The van der Waals surface area contributed by atoms with Gasteiger partial charge < -0.3 is 5.32 Å². The van der Waals surface area contributed by atoms with E-state index in [1.54, 1.807) is 6.07 Å². The van der Waals surface area contributed by atoms with Gasteiger partial charge in [-0.1, -0.05) is 52.9 Å². The number of aryl methyl sites for hydroxylation is 2. The second-order valence-corrected chi connectivity index (χ2v) is 8.10. The number of hydrogen-bond donors (Lipinski definition) is 2. The first-order chi connectivity index (χ1) is 13.0. The van der Waals surface area contributed by atoms with Crippen molar-refractivity contribution in [1.82, 2.24) is 10.2 Å². The fourth-order valence-electron chi connectivity index (χ4n) is 2.32. The van der Waals surface area contributed by atoms with Crippen LogP contribution in [0.2, 0.25) is 0 Å². The summed E-state index contributed by atoms with van der Waals surface area (Å²) < 4.78 is 0.619. The van der Waals surface area contributed by atoms with Crippen molar-refractivity contribution in [2.24, 2.45) is 0 Å². The molecular weight excluding hydrogens is 380 g/mol. The van der Waals surface area contributed by atoms with Crippen molar-refractivity contribution < 1.29 is 9.59 Å². The van der Waals surface area contributed by atoms with Crippen LogP contribution in [-0.2, 0) is 4.79 Å². The smallest absolute Gasteiger partial charge is 0.257 e. The Kier molecular flexibility index (Phi) is 6.20. The maximum atomic E-state index is 12.2. The molecule has 0 aliphatic rings. The minimum Gasteiger partial charge on any atom is -0.325 e. The minimum atomic E-state index is -0.233. The third-order valence-electron chi connectivity index (χ3n) is 3.54. The van der Waals surface area contributed by atoms with Crippen molar-refractivity contribution in [1.29, 1.82) is 0 Å². The van der Waals surface area contributed by atoms with Crippen LogP contribution in [0.4, 0.5) is 10.8 Å². The topological polar surface area (TPSA) is 84.0 Å². The molecule has 2 N–H and O–H groups in total. The third-order valence-corrected chi connectivity index (χ3v) is 5.51. The lowest BCUT2D eigenvalue weighted by atomic mass is 10.1. The Morgan fingerprint density at radius 1 is 1.00 bits per heavy atom. The average molecular weight is 399 g/mol. The molecule has 0 aliphatic heterocycles. The van der Waals surface area contributed by atoms with Crippen LogP contribution in [0.5, 0.6) is 0 Å². The monoisotopic (exact) mass is 398 g/mol. The van der Waals surface area contributed by atoms with Crippen LogP contribution in [0.3, 0.4) is 0 Å². The zero-order valence-electron chi connectivity index (χ0n) is 14.9.